The van der Waals surface area contributed by atoms with E-state index in [2.05, 4.69) is 0 Å². The van der Waals surface area contributed by atoms with Crippen LogP contribution in [0.4, 0.5) is 13.2 Å². The second kappa shape index (κ2) is 9.06. The van der Waals surface area contributed by atoms with Gasteiger partial charge < -0.3 is 9.47 Å². The van der Waals surface area contributed by atoms with Crippen LogP contribution in [-0.4, -0.2) is 24.2 Å². The number of cyclic esters (lactones) is 1. The quantitative estimate of drug-likeness (QED) is 0.249. The van der Waals surface area contributed by atoms with Crippen molar-refractivity contribution in [3.63, 3.8) is 0 Å². The van der Waals surface area contributed by atoms with Crippen LogP contribution in [0.1, 0.15) is 23.7 Å². The van der Waals surface area contributed by atoms with Gasteiger partial charge in [0.05, 0.1) is 6.42 Å². The summed E-state index contributed by atoms with van der Waals surface area (Å²) in [5, 5.41) is 1.91. The van der Waals surface area contributed by atoms with Crippen LogP contribution < -0.4 is 0 Å². The maximum Gasteiger partial charge on any atom is 0.429 e. The molecule has 4 aromatic carbocycles. The van der Waals surface area contributed by atoms with Crippen LogP contribution in [0.25, 0.3) is 21.5 Å². The SMILES string of the molecule is O=C1C[C@@H](C(=O)O[C@H](c2c3ccccc3cc3ccccc23)C(F)(F)F)[C@H](Cc2ccccc2)O1. The average Bonchev–Trinajstić information content (AvgIpc) is 3.21. The van der Waals surface area contributed by atoms with Crippen LogP contribution in [0, 0.1) is 5.92 Å². The smallest absolute Gasteiger partial charge is 0.429 e. The number of halogens is 3. The van der Waals surface area contributed by atoms with Gasteiger partial charge in [0.1, 0.15) is 12.0 Å². The molecule has 0 amide bonds. The normalized spacial score (nSPS) is 19.0. The minimum atomic E-state index is -4.87. The summed E-state index contributed by atoms with van der Waals surface area (Å²) in [6, 6.07) is 24.2. The first-order valence-corrected chi connectivity index (χ1v) is 11.2. The molecule has 35 heavy (non-hydrogen) atoms. The molecule has 0 radical (unpaired) electrons. The molecule has 4 nitrogen and oxygen atoms in total. The topological polar surface area (TPSA) is 52.6 Å². The van der Waals surface area contributed by atoms with Gasteiger partial charge in [-0.15, -0.1) is 0 Å². The lowest BCUT2D eigenvalue weighted by atomic mass is 9.92. The molecule has 5 rings (SSSR count). The highest BCUT2D eigenvalue weighted by atomic mass is 19.4. The van der Waals surface area contributed by atoms with Crippen LogP contribution >= 0.6 is 0 Å². The fourth-order valence-corrected chi connectivity index (χ4v) is 4.70. The van der Waals surface area contributed by atoms with E-state index in [1.807, 2.05) is 12.1 Å². The van der Waals surface area contributed by atoms with Crippen molar-refractivity contribution in [1.82, 2.24) is 0 Å². The van der Waals surface area contributed by atoms with Gasteiger partial charge in [0.25, 0.3) is 0 Å². The highest BCUT2D eigenvalue weighted by Gasteiger charge is 2.49. The van der Waals surface area contributed by atoms with Crippen molar-refractivity contribution in [3.8, 4) is 0 Å². The van der Waals surface area contributed by atoms with Gasteiger partial charge in [-0.3, -0.25) is 9.59 Å². The number of hydrogen-bond donors (Lipinski definition) is 0. The van der Waals surface area contributed by atoms with Crippen molar-refractivity contribution in [2.75, 3.05) is 0 Å². The predicted molar refractivity (Wildman–Crippen MR) is 124 cm³/mol. The molecular weight excluding hydrogens is 457 g/mol. The molecule has 1 aliphatic heterocycles. The molecule has 0 aromatic heterocycles. The molecule has 1 heterocycles. The largest absolute Gasteiger partial charge is 0.461 e. The third kappa shape index (κ3) is 4.58. The standard InChI is InChI=1S/C28H21F3O4/c29-28(30,31)26(25-20-12-6-4-10-18(20)15-19-11-5-7-13-21(19)25)35-27(33)22-16-24(32)34-23(22)14-17-8-2-1-3-9-17/h1-13,15,22-23,26H,14,16H2/t22-,23+,26-/m1/s1. The summed E-state index contributed by atoms with van der Waals surface area (Å²) < 4.78 is 53.9. The fourth-order valence-electron chi connectivity index (χ4n) is 4.70. The van der Waals surface area contributed by atoms with E-state index in [-0.39, 0.29) is 18.4 Å². The second-order valence-corrected chi connectivity index (χ2v) is 8.62. The summed E-state index contributed by atoms with van der Waals surface area (Å²) in [7, 11) is 0. The first-order valence-electron chi connectivity index (χ1n) is 11.2. The Morgan fingerprint density at radius 2 is 1.49 bits per heavy atom. The molecule has 7 heteroatoms. The van der Waals surface area contributed by atoms with Crippen molar-refractivity contribution < 1.29 is 32.2 Å². The minimum absolute atomic E-state index is 0.121. The van der Waals surface area contributed by atoms with E-state index in [1.165, 1.54) is 0 Å². The van der Waals surface area contributed by atoms with E-state index in [1.54, 1.807) is 72.8 Å². The number of carbonyl (C=O) groups is 2. The Morgan fingerprint density at radius 3 is 2.09 bits per heavy atom. The first kappa shape index (κ1) is 22.9. The fraction of sp³-hybridized carbons (Fsp3) is 0.214. The van der Waals surface area contributed by atoms with E-state index < -0.39 is 36.2 Å². The summed E-state index contributed by atoms with van der Waals surface area (Å²) >= 11 is 0. The third-order valence-electron chi connectivity index (χ3n) is 6.31. The highest BCUT2D eigenvalue weighted by molar-refractivity contribution is 6.02. The Balaban J connectivity index is 1.54. The van der Waals surface area contributed by atoms with Crippen molar-refractivity contribution in [3.05, 3.63) is 96.1 Å². The zero-order valence-electron chi connectivity index (χ0n) is 18.5. The molecule has 0 aliphatic carbocycles. The van der Waals surface area contributed by atoms with Crippen LogP contribution in [-0.2, 0) is 25.5 Å². The number of fused-ring (bicyclic) bond motifs is 2. The van der Waals surface area contributed by atoms with Gasteiger partial charge in [0.15, 0.2) is 0 Å². The summed E-state index contributed by atoms with van der Waals surface area (Å²) in [5.74, 6) is -2.86. The Morgan fingerprint density at radius 1 is 0.914 bits per heavy atom. The lowest BCUT2D eigenvalue weighted by molar-refractivity contribution is -0.226. The molecular formula is C28H21F3O4. The van der Waals surface area contributed by atoms with E-state index in [0.717, 1.165) is 5.56 Å². The van der Waals surface area contributed by atoms with Gasteiger partial charge in [-0.25, -0.2) is 0 Å². The molecule has 1 saturated heterocycles. The van der Waals surface area contributed by atoms with Gasteiger partial charge >= 0.3 is 18.1 Å². The number of ether oxygens (including phenoxy) is 2. The lowest BCUT2D eigenvalue weighted by Crippen LogP contribution is -2.33. The van der Waals surface area contributed by atoms with E-state index in [9.17, 15) is 22.8 Å². The zero-order chi connectivity index (χ0) is 24.6. The van der Waals surface area contributed by atoms with Crippen LogP contribution in [0.3, 0.4) is 0 Å². The van der Waals surface area contributed by atoms with Gasteiger partial charge in [-0.1, -0.05) is 78.9 Å². The Bertz CT molecular complexity index is 1340. The molecule has 0 N–H and O–H groups in total. The molecule has 1 fully saturated rings. The van der Waals surface area contributed by atoms with Gasteiger partial charge in [0, 0.05) is 12.0 Å². The maximum absolute atomic E-state index is 14.5. The van der Waals surface area contributed by atoms with Crippen LogP contribution in [0.2, 0.25) is 0 Å². The van der Waals surface area contributed by atoms with Crippen molar-refractivity contribution in [1.29, 1.82) is 0 Å². The first-order chi connectivity index (χ1) is 16.8. The van der Waals surface area contributed by atoms with Crippen molar-refractivity contribution in [2.24, 2.45) is 5.92 Å². The average molecular weight is 478 g/mol. The molecule has 1 aliphatic rings. The summed E-state index contributed by atoms with van der Waals surface area (Å²) in [4.78, 5) is 25.1. The maximum atomic E-state index is 14.5. The number of carbonyl (C=O) groups excluding carboxylic acids is 2. The molecule has 0 saturated carbocycles. The molecule has 0 spiro atoms. The van der Waals surface area contributed by atoms with Gasteiger partial charge in [-0.2, -0.15) is 13.2 Å². The monoisotopic (exact) mass is 478 g/mol. The Labute approximate surface area is 199 Å². The number of hydrogen-bond acceptors (Lipinski definition) is 4. The summed E-state index contributed by atoms with van der Waals surface area (Å²) in [6.45, 7) is 0. The Hall–Kier alpha value is -3.87. The van der Waals surface area contributed by atoms with Gasteiger partial charge in [-0.05, 0) is 33.2 Å². The molecule has 0 unspecified atom stereocenters. The van der Waals surface area contributed by atoms with E-state index in [4.69, 9.17) is 9.47 Å². The van der Waals surface area contributed by atoms with E-state index >= 15 is 0 Å². The number of esters is 2. The second-order valence-electron chi connectivity index (χ2n) is 8.62. The zero-order valence-corrected chi connectivity index (χ0v) is 18.5. The Kier molecular flexibility index (Phi) is 5.93. The van der Waals surface area contributed by atoms with Crippen LogP contribution in [0.15, 0.2) is 84.9 Å². The molecule has 0 bridgehead atoms. The van der Waals surface area contributed by atoms with E-state index in [0.29, 0.717) is 21.5 Å². The number of rotatable bonds is 5. The summed E-state index contributed by atoms with van der Waals surface area (Å²) in [5.41, 5.74) is 0.682. The molecule has 4 aromatic rings. The third-order valence-corrected chi connectivity index (χ3v) is 6.31. The molecule has 3 atom stereocenters. The van der Waals surface area contributed by atoms with Crippen LogP contribution in [0.5, 0.6) is 0 Å². The number of alkyl halides is 3. The predicted octanol–water partition coefficient (Wildman–Crippen LogP) is 6.31. The lowest BCUT2D eigenvalue weighted by Gasteiger charge is -2.26. The summed E-state index contributed by atoms with van der Waals surface area (Å²) in [6.07, 6.45) is -8.38. The molecule has 178 valence electrons. The minimum Gasteiger partial charge on any atom is -0.461 e. The van der Waals surface area contributed by atoms with Gasteiger partial charge in [0.2, 0.25) is 6.10 Å². The number of benzene rings is 4. The highest BCUT2D eigenvalue weighted by Crippen LogP contribution is 2.44. The van der Waals surface area contributed by atoms with Crippen molar-refractivity contribution in [2.45, 2.75) is 31.2 Å². The van der Waals surface area contributed by atoms with Crippen molar-refractivity contribution >= 4 is 33.5 Å².